The summed E-state index contributed by atoms with van der Waals surface area (Å²) in [7, 11) is 0. The number of carbonyl (C=O) groups excluding carboxylic acids is 3. The Balaban J connectivity index is 1.24. The fourth-order valence-electron chi connectivity index (χ4n) is 4.91. The molecule has 1 saturated carbocycles. The van der Waals surface area contributed by atoms with Gasteiger partial charge < -0.3 is 20.1 Å². The van der Waals surface area contributed by atoms with Gasteiger partial charge in [-0.2, -0.15) is 0 Å². The van der Waals surface area contributed by atoms with Crippen LogP contribution < -0.4 is 5.32 Å². The minimum Gasteiger partial charge on any atom is -0.395 e. The Morgan fingerprint density at radius 2 is 1.54 bits per heavy atom. The molecule has 0 aromatic heterocycles. The van der Waals surface area contributed by atoms with Gasteiger partial charge in [0.05, 0.1) is 25.4 Å². The van der Waals surface area contributed by atoms with E-state index >= 15 is 0 Å². The number of ether oxygens (including phenoxy) is 1. The first kappa shape index (κ1) is 25.5. The summed E-state index contributed by atoms with van der Waals surface area (Å²) in [5, 5.41) is 12.2. The third-order valence-corrected chi connectivity index (χ3v) is 7.09. The Bertz CT molecular complexity index is 898. The van der Waals surface area contributed by atoms with E-state index in [1.807, 2.05) is 12.1 Å². The fourth-order valence-corrected chi connectivity index (χ4v) is 4.91. The molecule has 3 aliphatic rings. The maximum Gasteiger partial charge on any atom is 0.254 e. The van der Waals surface area contributed by atoms with Crippen LogP contribution in [0.4, 0.5) is 0 Å². The number of hydrogen-bond donors (Lipinski definition) is 2. The monoisotopic (exact) mass is 484 g/mol. The van der Waals surface area contributed by atoms with Crippen LogP contribution in [-0.2, 0) is 14.3 Å². The van der Waals surface area contributed by atoms with E-state index in [2.05, 4.69) is 15.1 Å². The number of aliphatic hydroxyl groups is 1. The maximum absolute atomic E-state index is 12.7. The lowest BCUT2D eigenvalue weighted by atomic mass is 9.80. The van der Waals surface area contributed by atoms with Crippen LogP contribution in [0.2, 0.25) is 0 Å². The smallest absolute Gasteiger partial charge is 0.254 e. The van der Waals surface area contributed by atoms with E-state index in [4.69, 9.17) is 9.84 Å². The number of morpholine rings is 1. The highest BCUT2D eigenvalue weighted by Gasteiger charge is 2.31. The van der Waals surface area contributed by atoms with Gasteiger partial charge in [0.2, 0.25) is 0 Å². The van der Waals surface area contributed by atoms with Crippen molar-refractivity contribution in [3.63, 3.8) is 0 Å². The van der Waals surface area contributed by atoms with Crippen LogP contribution >= 0.6 is 0 Å². The molecule has 0 atom stereocenters. The minimum atomic E-state index is -0.157. The van der Waals surface area contributed by atoms with Gasteiger partial charge >= 0.3 is 0 Å². The largest absolute Gasteiger partial charge is 0.395 e. The van der Waals surface area contributed by atoms with E-state index in [0.29, 0.717) is 51.3 Å². The molecule has 1 aromatic carbocycles. The highest BCUT2D eigenvalue weighted by molar-refractivity contribution is 6.22. The Labute approximate surface area is 206 Å². The number of allylic oxidation sites excluding steroid dienone is 1. The number of aliphatic hydroxyl groups excluding tert-OH is 1. The summed E-state index contributed by atoms with van der Waals surface area (Å²) in [5.41, 5.74) is 1.79. The number of rotatable bonds is 8. The molecule has 2 N–H and O–H groups in total. The number of benzene rings is 1. The lowest BCUT2D eigenvalue weighted by Gasteiger charge is -2.34. The molecule has 0 bridgehead atoms. The number of amides is 1. The maximum atomic E-state index is 12.7. The summed E-state index contributed by atoms with van der Waals surface area (Å²) < 4.78 is 5.31. The number of nitrogens with zero attached hydrogens (tertiary/aromatic N) is 3. The van der Waals surface area contributed by atoms with Gasteiger partial charge in [0, 0.05) is 83.5 Å². The van der Waals surface area contributed by atoms with Gasteiger partial charge in [-0.25, -0.2) is 0 Å². The third kappa shape index (κ3) is 6.76. The molecule has 0 spiro atoms. The number of Topliss-reactive ketones (excluding diaryl/α,β-unsaturated/α-hetero) is 2. The topological polar surface area (TPSA) is 102 Å². The lowest BCUT2D eigenvalue weighted by molar-refractivity contribution is -0.124. The van der Waals surface area contributed by atoms with Crippen LogP contribution in [0, 0.1) is 0 Å². The predicted molar refractivity (Wildman–Crippen MR) is 131 cm³/mol. The van der Waals surface area contributed by atoms with Gasteiger partial charge in [0.1, 0.15) is 0 Å². The van der Waals surface area contributed by atoms with Crippen LogP contribution in [0.1, 0.15) is 34.7 Å². The number of hydrogen-bond acceptors (Lipinski definition) is 8. The van der Waals surface area contributed by atoms with Crippen LogP contribution in [0.15, 0.2) is 36.0 Å². The van der Waals surface area contributed by atoms with E-state index < -0.39 is 0 Å². The number of piperazine rings is 1. The Morgan fingerprint density at radius 1 is 0.943 bits per heavy atom. The molecule has 9 heteroatoms. The summed E-state index contributed by atoms with van der Waals surface area (Å²) in [4.78, 5) is 44.5. The van der Waals surface area contributed by atoms with Crippen molar-refractivity contribution in [3.8, 4) is 0 Å². The second kappa shape index (κ2) is 12.4. The zero-order valence-corrected chi connectivity index (χ0v) is 20.3. The van der Waals surface area contributed by atoms with Gasteiger partial charge in [0.15, 0.2) is 11.6 Å². The van der Waals surface area contributed by atoms with Crippen molar-refractivity contribution in [3.05, 3.63) is 47.2 Å². The molecule has 2 aliphatic heterocycles. The minimum absolute atomic E-state index is 0.0148. The van der Waals surface area contributed by atoms with Gasteiger partial charge in [-0.3, -0.25) is 24.2 Å². The van der Waals surface area contributed by atoms with E-state index in [0.717, 1.165) is 44.8 Å². The van der Waals surface area contributed by atoms with Gasteiger partial charge in [-0.15, -0.1) is 0 Å². The van der Waals surface area contributed by atoms with Crippen LogP contribution in [0.3, 0.4) is 0 Å². The molecule has 1 aromatic rings. The predicted octanol–water partition coefficient (Wildman–Crippen LogP) is 0.258. The molecule has 1 aliphatic carbocycles. The number of nitrogens with one attached hydrogen (secondary N) is 1. The number of ketones is 2. The Morgan fingerprint density at radius 3 is 2.14 bits per heavy atom. The first-order chi connectivity index (χ1) is 17.0. The second-order valence-corrected chi connectivity index (χ2v) is 9.40. The van der Waals surface area contributed by atoms with Gasteiger partial charge in [-0.1, -0.05) is 12.1 Å². The average molecular weight is 485 g/mol. The molecule has 9 nitrogen and oxygen atoms in total. The third-order valence-electron chi connectivity index (χ3n) is 7.09. The van der Waals surface area contributed by atoms with Crippen LogP contribution in [0.5, 0.6) is 0 Å². The van der Waals surface area contributed by atoms with E-state index in [-0.39, 0.29) is 35.6 Å². The summed E-state index contributed by atoms with van der Waals surface area (Å²) >= 11 is 0. The molecule has 4 rings (SSSR count). The zero-order valence-electron chi connectivity index (χ0n) is 20.3. The van der Waals surface area contributed by atoms with Crippen molar-refractivity contribution in [2.45, 2.75) is 18.8 Å². The first-order valence-corrected chi connectivity index (χ1v) is 12.6. The molecule has 0 radical (unpaired) electrons. The summed E-state index contributed by atoms with van der Waals surface area (Å²) in [5.74, 6) is -0.441. The molecule has 35 heavy (non-hydrogen) atoms. The second-order valence-electron chi connectivity index (χ2n) is 9.40. The van der Waals surface area contributed by atoms with Crippen molar-refractivity contribution in [2.75, 3.05) is 78.7 Å². The van der Waals surface area contributed by atoms with Crippen molar-refractivity contribution in [1.29, 1.82) is 0 Å². The fraction of sp³-hybridized carbons (Fsp3) is 0.577. The van der Waals surface area contributed by atoms with Crippen LogP contribution in [-0.4, -0.2) is 116 Å². The quantitative estimate of drug-likeness (QED) is 0.308. The van der Waals surface area contributed by atoms with E-state index in [9.17, 15) is 14.4 Å². The molecule has 0 unspecified atom stereocenters. The Hall–Kier alpha value is -2.59. The lowest BCUT2D eigenvalue weighted by Crippen LogP contribution is -2.48. The average Bonchev–Trinajstić information content (AvgIpc) is 2.89. The SMILES string of the molecule is O=C1CC(c2ccc(C(=O)N3CCOCC3)cc2)CC(=O)C1=CNCCN1CCN(CCO)CC1. The molecule has 3 fully saturated rings. The number of β-amino-alcohol motifs (C(OH)–C–C–N with tert-alkyl or cyclic N) is 1. The summed E-state index contributed by atoms with van der Waals surface area (Å²) in [6.07, 6.45) is 2.18. The normalized spacial score (nSPS) is 22.4. The standard InChI is InChI=1S/C26H36N4O5/c31-14-11-29-9-7-28(8-10-29)6-5-27-19-23-24(32)17-22(18-25(23)33)20-1-3-21(4-2-20)26(34)30-12-15-35-16-13-30/h1-4,19,22,27,31H,5-18H2. The highest BCUT2D eigenvalue weighted by atomic mass is 16.5. The zero-order chi connectivity index (χ0) is 24.6. The number of carbonyl (C=O) groups is 3. The van der Waals surface area contributed by atoms with Gasteiger partial charge in [0.25, 0.3) is 5.91 Å². The van der Waals surface area contributed by atoms with E-state index in [1.54, 1.807) is 23.2 Å². The van der Waals surface area contributed by atoms with Crippen molar-refractivity contribution in [2.24, 2.45) is 0 Å². The first-order valence-electron chi connectivity index (χ1n) is 12.6. The summed E-state index contributed by atoms with van der Waals surface area (Å²) in [6, 6.07) is 7.32. The Kier molecular flexibility index (Phi) is 9.03. The van der Waals surface area contributed by atoms with E-state index in [1.165, 1.54) is 0 Å². The molecular weight excluding hydrogens is 448 g/mol. The molecule has 2 saturated heterocycles. The molecule has 2 heterocycles. The molecule has 190 valence electrons. The van der Waals surface area contributed by atoms with Crippen molar-refractivity contribution >= 4 is 17.5 Å². The van der Waals surface area contributed by atoms with Crippen molar-refractivity contribution in [1.82, 2.24) is 20.0 Å². The van der Waals surface area contributed by atoms with Crippen LogP contribution in [0.25, 0.3) is 0 Å². The highest BCUT2D eigenvalue weighted by Crippen LogP contribution is 2.31. The van der Waals surface area contributed by atoms with Crippen molar-refractivity contribution < 1.29 is 24.2 Å². The summed E-state index contributed by atoms with van der Waals surface area (Å²) in [6.45, 7) is 8.54. The van der Waals surface area contributed by atoms with Gasteiger partial charge in [-0.05, 0) is 23.6 Å². The molecular formula is C26H36N4O5. The molecule has 1 amide bonds.